The van der Waals surface area contributed by atoms with E-state index in [1.807, 2.05) is 32.0 Å². The van der Waals surface area contributed by atoms with Gasteiger partial charge in [0.15, 0.2) is 11.5 Å². The number of hydrogen-bond acceptors (Lipinski definition) is 4. The molecule has 1 amide bonds. The molecule has 1 atom stereocenters. The number of nitrogens with zero attached hydrogens (tertiary/aromatic N) is 1. The lowest BCUT2D eigenvalue weighted by Crippen LogP contribution is -2.41. The third-order valence-corrected chi connectivity index (χ3v) is 3.42. The van der Waals surface area contributed by atoms with E-state index in [0.717, 1.165) is 18.7 Å². The fourth-order valence-electron chi connectivity index (χ4n) is 2.49. The average Bonchev–Trinajstić information content (AvgIpc) is 2.79. The number of ether oxygens (including phenoxy) is 2. The van der Waals surface area contributed by atoms with Gasteiger partial charge < -0.3 is 19.7 Å². The normalized spacial score (nSPS) is 18.8. The number of amides is 1. The number of nitrogens with one attached hydrogen (secondary N) is 1. The molecule has 1 heterocycles. The minimum absolute atomic E-state index is 0.0944. The van der Waals surface area contributed by atoms with Gasteiger partial charge in [0, 0.05) is 24.3 Å². The van der Waals surface area contributed by atoms with Crippen molar-refractivity contribution in [3.8, 4) is 11.5 Å². The number of rotatable bonds is 5. The highest BCUT2D eigenvalue weighted by molar-refractivity contribution is 5.99. The molecule has 1 fully saturated rings. The van der Waals surface area contributed by atoms with Crippen molar-refractivity contribution in [2.75, 3.05) is 25.7 Å². The highest BCUT2D eigenvalue weighted by Crippen LogP contribution is 2.33. The van der Waals surface area contributed by atoms with E-state index in [9.17, 15) is 4.79 Å². The van der Waals surface area contributed by atoms with E-state index < -0.39 is 0 Å². The van der Waals surface area contributed by atoms with Crippen molar-refractivity contribution in [2.45, 2.75) is 32.4 Å². The maximum atomic E-state index is 12.4. The van der Waals surface area contributed by atoms with E-state index in [4.69, 9.17) is 9.47 Å². The summed E-state index contributed by atoms with van der Waals surface area (Å²) in [6.07, 6.45) is 0.825. The molecule has 0 radical (unpaired) electrons. The van der Waals surface area contributed by atoms with Crippen LogP contribution in [0.5, 0.6) is 11.5 Å². The first-order valence-corrected chi connectivity index (χ1v) is 6.86. The van der Waals surface area contributed by atoms with Crippen LogP contribution in [0.25, 0.3) is 0 Å². The summed E-state index contributed by atoms with van der Waals surface area (Å²) < 4.78 is 10.5. The third kappa shape index (κ3) is 2.88. The molecule has 0 saturated carbocycles. The van der Waals surface area contributed by atoms with Gasteiger partial charge in [0.2, 0.25) is 5.91 Å². The molecule has 0 bridgehead atoms. The van der Waals surface area contributed by atoms with E-state index in [2.05, 4.69) is 5.32 Å². The summed E-state index contributed by atoms with van der Waals surface area (Å²) in [6, 6.07) is 5.76. The lowest BCUT2D eigenvalue weighted by Gasteiger charge is -2.19. The Labute approximate surface area is 119 Å². The average molecular weight is 278 g/mol. The topological polar surface area (TPSA) is 50.8 Å². The molecule has 2 rings (SSSR count). The summed E-state index contributed by atoms with van der Waals surface area (Å²) in [5.41, 5.74) is 0.848. The zero-order chi connectivity index (χ0) is 14.7. The molecule has 1 aromatic rings. The van der Waals surface area contributed by atoms with Crippen LogP contribution in [0.4, 0.5) is 5.69 Å². The van der Waals surface area contributed by atoms with E-state index in [0.29, 0.717) is 17.5 Å². The molecule has 5 nitrogen and oxygen atoms in total. The standard InChI is InChI=1S/C15H22N2O3/c1-10(2)16-12-7-8-17(15(12)18)11-5-6-13(19-3)14(9-11)20-4/h5-6,9-10,12,16H,7-8H2,1-4H3. The van der Waals surface area contributed by atoms with Gasteiger partial charge in [-0.05, 0) is 18.6 Å². The van der Waals surface area contributed by atoms with Crippen molar-refractivity contribution in [1.82, 2.24) is 5.32 Å². The van der Waals surface area contributed by atoms with Gasteiger partial charge in [0.25, 0.3) is 0 Å². The van der Waals surface area contributed by atoms with Crippen LogP contribution in [0.1, 0.15) is 20.3 Å². The van der Waals surface area contributed by atoms with Gasteiger partial charge in [0.05, 0.1) is 20.3 Å². The van der Waals surface area contributed by atoms with Gasteiger partial charge in [0.1, 0.15) is 0 Å². The molecule has 110 valence electrons. The fraction of sp³-hybridized carbons (Fsp3) is 0.533. The van der Waals surface area contributed by atoms with Crippen LogP contribution in [0.3, 0.4) is 0 Å². The van der Waals surface area contributed by atoms with Crippen molar-refractivity contribution in [2.24, 2.45) is 0 Å². The second-order valence-electron chi connectivity index (χ2n) is 5.19. The maximum Gasteiger partial charge on any atom is 0.244 e. The first-order valence-electron chi connectivity index (χ1n) is 6.86. The molecule has 1 saturated heterocycles. The molecular formula is C15H22N2O3. The molecule has 1 aliphatic heterocycles. The minimum atomic E-state index is -0.0944. The summed E-state index contributed by atoms with van der Waals surface area (Å²) in [5.74, 6) is 1.42. The van der Waals surface area contributed by atoms with E-state index in [1.165, 1.54) is 0 Å². The SMILES string of the molecule is COc1ccc(N2CCC(NC(C)C)C2=O)cc1OC. The van der Waals surface area contributed by atoms with Gasteiger partial charge in [-0.1, -0.05) is 13.8 Å². The minimum Gasteiger partial charge on any atom is -0.493 e. The Bertz CT molecular complexity index is 488. The number of anilines is 1. The lowest BCUT2D eigenvalue weighted by molar-refractivity contribution is -0.118. The van der Waals surface area contributed by atoms with Crippen LogP contribution < -0.4 is 19.7 Å². The Kier molecular flexibility index (Phi) is 4.49. The van der Waals surface area contributed by atoms with Crippen LogP contribution >= 0.6 is 0 Å². The summed E-state index contributed by atoms with van der Waals surface area (Å²) >= 11 is 0. The molecule has 0 aliphatic carbocycles. The predicted molar refractivity (Wildman–Crippen MR) is 78.6 cm³/mol. The Morgan fingerprint density at radius 3 is 2.55 bits per heavy atom. The summed E-state index contributed by atoms with van der Waals surface area (Å²) in [7, 11) is 3.19. The molecule has 0 aromatic heterocycles. The highest BCUT2D eigenvalue weighted by atomic mass is 16.5. The third-order valence-electron chi connectivity index (χ3n) is 3.42. The van der Waals surface area contributed by atoms with Crippen molar-refractivity contribution in [1.29, 1.82) is 0 Å². The van der Waals surface area contributed by atoms with E-state index in [-0.39, 0.29) is 11.9 Å². The number of hydrogen-bond donors (Lipinski definition) is 1. The summed E-state index contributed by atoms with van der Waals surface area (Å²) in [5, 5.41) is 3.30. The van der Waals surface area contributed by atoms with Crippen LogP contribution in [0.2, 0.25) is 0 Å². The van der Waals surface area contributed by atoms with Gasteiger partial charge in [-0.25, -0.2) is 0 Å². The van der Waals surface area contributed by atoms with Gasteiger partial charge in [-0.3, -0.25) is 4.79 Å². The predicted octanol–water partition coefficient (Wildman–Crippen LogP) is 1.81. The Hall–Kier alpha value is -1.75. The van der Waals surface area contributed by atoms with Crippen LogP contribution in [0, 0.1) is 0 Å². The molecule has 1 aromatic carbocycles. The summed E-state index contributed by atoms with van der Waals surface area (Å²) in [6.45, 7) is 4.82. The zero-order valence-corrected chi connectivity index (χ0v) is 12.5. The largest absolute Gasteiger partial charge is 0.493 e. The Morgan fingerprint density at radius 2 is 1.95 bits per heavy atom. The molecule has 1 unspecified atom stereocenters. The second kappa shape index (κ2) is 6.13. The molecule has 1 aliphatic rings. The van der Waals surface area contributed by atoms with Gasteiger partial charge in [-0.15, -0.1) is 0 Å². The van der Waals surface area contributed by atoms with Crippen LogP contribution in [-0.4, -0.2) is 38.8 Å². The zero-order valence-electron chi connectivity index (χ0n) is 12.5. The molecular weight excluding hydrogens is 256 g/mol. The Balaban J connectivity index is 2.18. The monoisotopic (exact) mass is 278 g/mol. The van der Waals surface area contributed by atoms with Crippen LogP contribution in [0.15, 0.2) is 18.2 Å². The quantitative estimate of drug-likeness (QED) is 0.892. The molecule has 1 N–H and O–H groups in total. The number of benzene rings is 1. The molecule has 0 spiro atoms. The maximum absolute atomic E-state index is 12.4. The lowest BCUT2D eigenvalue weighted by atomic mass is 10.2. The Morgan fingerprint density at radius 1 is 1.25 bits per heavy atom. The smallest absolute Gasteiger partial charge is 0.244 e. The fourth-order valence-corrected chi connectivity index (χ4v) is 2.49. The number of carbonyl (C=O) groups excluding carboxylic acids is 1. The molecule has 20 heavy (non-hydrogen) atoms. The van der Waals surface area contributed by atoms with Crippen molar-refractivity contribution in [3.63, 3.8) is 0 Å². The second-order valence-corrected chi connectivity index (χ2v) is 5.19. The van der Waals surface area contributed by atoms with Crippen molar-refractivity contribution >= 4 is 11.6 Å². The van der Waals surface area contributed by atoms with E-state index in [1.54, 1.807) is 19.1 Å². The van der Waals surface area contributed by atoms with E-state index >= 15 is 0 Å². The van der Waals surface area contributed by atoms with Gasteiger partial charge >= 0.3 is 0 Å². The van der Waals surface area contributed by atoms with Crippen LogP contribution in [-0.2, 0) is 4.79 Å². The number of methoxy groups -OCH3 is 2. The van der Waals surface area contributed by atoms with Crippen molar-refractivity contribution < 1.29 is 14.3 Å². The highest BCUT2D eigenvalue weighted by Gasteiger charge is 2.32. The first kappa shape index (κ1) is 14.7. The van der Waals surface area contributed by atoms with Gasteiger partial charge in [-0.2, -0.15) is 0 Å². The first-order chi connectivity index (χ1) is 9.56. The molecule has 5 heteroatoms. The number of carbonyl (C=O) groups is 1. The van der Waals surface area contributed by atoms with Crippen molar-refractivity contribution in [3.05, 3.63) is 18.2 Å². The summed E-state index contributed by atoms with van der Waals surface area (Å²) in [4.78, 5) is 14.2.